The molecule has 0 aliphatic heterocycles. The van der Waals surface area contributed by atoms with Gasteiger partial charge in [-0.15, -0.1) is 0 Å². The summed E-state index contributed by atoms with van der Waals surface area (Å²) in [7, 11) is 0. The molecule has 0 saturated heterocycles. The smallest absolute Gasteiger partial charge is 0.387 e. The third-order valence-electron chi connectivity index (χ3n) is 1.17. The van der Waals surface area contributed by atoms with E-state index in [-0.39, 0.29) is 5.69 Å². The molecule has 13 heavy (non-hydrogen) atoms. The van der Waals surface area contributed by atoms with Gasteiger partial charge in [0.15, 0.2) is 12.0 Å². The molecule has 1 heterocycles. The van der Waals surface area contributed by atoms with Crippen LogP contribution in [0.2, 0.25) is 0 Å². The molecule has 0 amide bonds. The van der Waals surface area contributed by atoms with Crippen LogP contribution in [-0.4, -0.2) is 17.9 Å². The summed E-state index contributed by atoms with van der Waals surface area (Å²) < 4.78 is 39.6. The van der Waals surface area contributed by atoms with E-state index in [0.29, 0.717) is 6.29 Å². The Morgan fingerprint density at radius 2 is 2.15 bits per heavy atom. The van der Waals surface area contributed by atoms with E-state index in [1.54, 1.807) is 0 Å². The Labute approximate surface area is 71.2 Å². The minimum absolute atomic E-state index is 0.181. The van der Waals surface area contributed by atoms with Crippen LogP contribution in [0.15, 0.2) is 12.1 Å². The molecule has 3 nitrogen and oxygen atoms in total. The zero-order chi connectivity index (χ0) is 9.84. The molecule has 0 unspecified atom stereocenters. The average molecular weight is 191 g/mol. The lowest BCUT2D eigenvalue weighted by atomic mass is 10.3. The van der Waals surface area contributed by atoms with Crippen molar-refractivity contribution in [3.63, 3.8) is 0 Å². The maximum Gasteiger partial charge on any atom is 0.387 e. The fraction of sp³-hybridized carbons (Fsp3) is 0.143. The van der Waals surface area contributed by atoms with Crippen molar-refractivity contribution >= 4 is 6.29 Å². The molecule has 0 spiro atoms. The fourth-order valence-corrected chi connectivity index (χ4v) is 0.685. The summed E-state index contributed by atoms with van der Waals surface area (Å²) >= 11 is 0. The highest BCUT2D eigenvalue weighted by molar-refractivity contribution is 5.71. The lowest BCUT2D eigenvalue weighted by Gasteiger charge is -2.03. The van der Waals surface area contributed by atoms with Gasteiger partial charge in [0.2, 0.25) is 0 Å². The van der Waals surface area contributed by atoms with E-state index in [9.17, 15) is 18.0 Å². The Balaban J connectivity index is 2.91. The number of alkyl halides is 2. The van der Waals surface area contributed by atoms with Crippen LogP contribution in [0, 0.1) is 5.95 Å². The number of nitrogens with zero attached hydrogens (tertiary/aromatic N) is 1. The van der Waals surface area contributed by atoms with Gasteiger partial charge in [0, 0.05) is 0 Å². The molecule has 0 bridgehead atoms. The third-order valence-corrected chi connectivity index (χ3v) is 1.17. The van der Waals surface area contributed by atoms with Gasteiger partial charge in [0.25, 0.3) is 5.95 Å². The van der Waals surface area contributed by atoms with Crippen LogP contribution in [0.4, 0.5) is 13.2 Å². The summed E-state index contributed by atoms with van der Waals surface area (Å²) in [6.07, 6.45) is 0.301. The first-order chi connectivity index (χ1) is 6.13. The van der Waals surface area contributed by atoms with Crippen molar-refractivity contribution in [3.05, 3.63) is 23.8 Å². The highest BCUT2D eigenvalue weighted by Gasteiger charge is 2.10. The molecule has 0 N–H and O–H groups in total. The standard InChI is InChI=1S/C7H4F3NO2/c8-6-5(13-7(9)10)2-1-4(3-12)11-6/h1-3,7H. The minimum atomic E-state index is -3.11. The quantitative estimate of drug-likeness (QED) is 0.538. The van der Waals surface area contributed by atoms with Gasteiger partial charge in [-0.3, -0.25) is 4.79 Å². The second kappa shape index (κ2) is 3.88. The Bertz CT molecular complexity index is 317. The summed E-state index contributed by atoms with van der Waals surface area (Å²) in [6.45, 7) is -3.11. The molecule has 0 aliphatic carbocycles. The van der Waals surface area contributed by atoms with Gasteiger partial charge in [-0.2, -0.15) is 13.2 Å². The maximum atomic E-state index is 12.7. The number of hydrogen-bond donors (Lipinski definition) is 0. The molecular weight excluding hydrogens is 187 g/mol. The molecule has 1 aromatic heterocycles. The summed E-state index contributed by atoms with van der Waals surface area (Å²) in [5.41, 5.74) is -0.181. The van der Waals surface area contributed by atoms with E-state index in [0.717, 1.165) is 12.1 Å². The van der Waals surface area contributed by atoms with Crippen LogP contribution in [0.5, 0.6) is 5.75 Å². The summed E-state index contributed by atoms with van der Waals surface area (Å²) in [4.78, 5) is 13.1. The van der Waals surface area contributed by atoms with Crippen molar-refractivity contribution in [3.8, 4) is 5.75 Å². The number of carbonyl (C=O) groups is 1. The van der Waals surface area contributed by atoms with Gasteiger partial charge >= 0.3 is 6.61 Å². The first-order valence-corrected chi connectivity index (χ1v) is 3.20. The second-order valence-corrected chi connectivity index (χ2v) is 2.02. The van der Waals surface area contributed by atoms with Crippen molar-refractivity contribution in [2.24, 2.45) is 0 Å². The van der Waals surface area contributed by atoms with Crippen LogP contribution >= 0.6 is 0 Å². The summed E-state index contributed by atoms with van der Waals surface area (Å²) in [6, 6.07) is 1.99. The van der Waals surface area contributed by atoms with Gasteiger partial charge in [-0.1, -0.05) is 0 Å². The van der Waals surface area contributed by atoms with Crippen LogP contribution in [0.1, 0.15) is 10.5 Å². The van der Waals surface area contributed by atoms with Gasteiger partial charge in [-0.25, -0.2) is 4.98 Å². The number of rotatable bonds is 3. The van der Waals surface area contributed by atoms with Gasteiger partial charge in [0.05, 0.1) is 0 Å². The number of aldehydes is 1. The molecule has 1 rings (SSSR count). The average Bonchev–Trinajstić information content (AvgIpc) is 2.08. The van der Waals surface area contributed by atoms with Gasteiger partial charge in [-0.05, 0) is 12.1 Å². The van der Waals surface area contributed by atoms with Crippen molar-refractivity contribution in [2.75, 3.05) is 0 Å². The Morgan fingerprint density at radius 1 is 1.46 bits per heavy atom. The molecule has 0 radical (unpaired) electrons. The van der Waals surface area contributed by atoms with Crippen molar-refractivity contribution in [2.45, 2.75) is 6.61 Å². The molecule has 6 heteroatoms. The van der Waals surface area contributed by atoms with E-state index in [2.05, 4.69) is 9.72 Å². The Hall–Kier alpha value is -1.59. The van der Waals surface area contributed by atoms with Crippen molar-refractivity contribution < 1.29 is 22.7 Å². The molecule has 0 aliphatic rings. The van der Waals surface area contributed by atoms with E-state index < -0.39 is 18.3 Å². The number of ether oxygens (including phenoxy) is 1. The van der Waals surface area contributed by atoms with E-state index >= 15 is 0 Å². The lowest BCUT2D eigenvalue weighted by Crippen LogP contribution is -2.05. The highest BCUT2D eigenvalue weighted by atomic mass is 19.3. The number of pyridine rings is 1. The number of carbonyl (C=O) groups excluding carboxylic acids is 1. The topological polar surface area (TPSA) is 39.2 Å². The summed E-state index contributed by atoms with van der Waals surface area (Å²) in [5.74, 6) is -1.91. The molecule has 70 valence electrons. The van der Waals surface area contributed by atoms with Gasteiger partial charge in [0.1, 0.15) is 5.69 Å². The first kappa shape index (κ1) is 9.50. The molecule has 0 fully saturated rings. The largest absolute Gasteiger partial charge is 0.430 e. The SMILES string of the molecule is O=Cc1ccc(OC(F)F)c(F)n1. The fourth-order valence-electron chi connectivity index (χ4n) is 0.685. The summed E-state index contributed by atoms with van der Waals surface area (Å²) in [5, 5.41) is 0. The van der Waals surface area contributed by atoms with Gasteiger partial charge < -0.3 is 4.74 Å². The van der Waals surface area contributed by atoms with Crippen LogP contribution in [-0.2, 0) is 0 Å². The van der Waals surface area contributed by atoms with Crippen molar-refractivity contribution in [1.29, 1.82) is 0 Å². The first-order valence-electron chi connectivity index (χ1n) is 3.20. The third kappa shape index (κ3) is 2.43. The zero-order valence-corrected chi connectivity index (χ0v) is 6.21. The molecular formula is C7H4F3NO2. The monoisotopic (exact) mass is 191 g/mol. The lowest BCUT2D eigenvalue weighted by molar-refractivity contribution is -0.0526. The predicted octanol–water partition coefficient (Wildman–Crippen LogP) is 1.63. The minimum Gasteiger partial charge on any atom is -0.430 e. The molecule has 0 atom stereocenters. The molecule has 0 saturated carbocycles. The zero-order valence-electron chi connectivity index (χ0n) is 6.21. The van der Waals surface area contributed by atoms with Crippen LogP contribution in [0.25, 0.3) is 0 Å². The molecule has 0 aromatic carbocycles. The second-order valence-electron chi connectivity index (χ2n) is 2.02. The highest BCUT2D eigenvalue weighted by Crippen LogP contribution is 2.16. The Kier molecular flexibility index (Phi) is 2.84. The number of aromatic nitrogens is 1. The maximum absolute atomic E-state index is 12.7. The number of hydrogen-bond acceptors (Lipinski definition) is 3. The van der Waals surface area contributed by atoms with E-state index in [1.165, 1.54) is 0 Å². The number of halogens is 3. The van der Waals surface area contributed by atoms with Crippen LogP contribution < -0.4 is 4.74 Å². The van der Waals surface area contributed by atoms with E-state index in [4.69, 9.17) is 0 Å². The molecule has 1 aromatic rings. The normalized spacial score (nSPS) is 10.2. The van der Waals surface area contributed by atoms with E-state index in [1.807, 2.05) is 0 Å². The van der Waals surface area contributed by atoms with Crippen LogP contribution in [0.3, 0.4) is 0 Å². The Morgan fingerprint density at radius 3 is 2.62 bits per heavy atom. The van der Waals surface area contributed by atoms with Crippen molar-refractivity contribution in [1.82, 2.24) is 4.98 Å². The predicted molar refractivity (Wildman–Crippen MR) is 36.2 cm³/mol.